The van der Waals surface area contributed by atoms with Crippen LogP contribution in [-0.4, -0.2) is 30.1 Å². The highest BCUT2D eigenvalue weighted by atomic mass is 16.5. The molecule has 0 aliphatic rings. The van der Waals surface area contributed by atoms with Crippen LogP contribution in [0.2, 0.25) is 0 Å². The van der Waals surface area contributed by atoms with E-state index in [1.54, 1.807) is 20.0 Å². The number of esters is 2. The van der Waals surface area contributed by atoms with Crippen molar-refractivity contribution < 1.29 is 19.1 Å². The summed E-state index contributed by atoms with van der Waals surface area (Å²) in [5.74, 6) is -0.371. The molecule has 5 heteroatoms. The molecule has 1 aromatic rings. The summed E-state index contributed by atoms with van der Waals surface area (Å²) in [5, 5.41) is 0. The van der Waals surface area contributed by atoms with Crippen molar-refractivity contribution in [2.24, 2.45) is 0 Å². The highest BCUT2D eigenvalue weighted by molar-refractivity contribution is 5.70. The predicted molar refractivity (Wildman–Crippen MR) is 78.7 cm³/mol. The van der Waals surface area contributed by atoms with Gasteiger partial charge in [-0.25, -0.2) is 0 Å². The summed E-state index contributed by atoms with van der Waals surface area (Å²) in [6.07, 6.45) is 3.62. The molecule has 0 bridgehead atoms. The molecule has 0 radical (unpaired) electrons. The topological polar surface area (TPSA) is 65.5 Å². The molecule has 0 amide bonds. The molecule has 0 saturated heterocycles. The van der Waals surface area contributed by atoms with Gasteiger partial charge in [-0.05, 0) is 38.8 Å². The van der Waals surface area contributed by atoms with Crippen molar-refractivity contribution in [3.63, 3.8) is 0 Å². The van der Waals surface area contributed by atoms with Gasteiger partial charge in [0.05, 0.1) is 13.2 Å². The van der Waals surface area contributed by atoms with Gasteiger partial charge in [0.15, 0.2) is 0 Å². The largest absolute Gasteiger partial charge is 0.466 e. The zero-order chi connectivity index (χ0) is 15.5. The predicted octanol–water partition coefficient (Wildman–Crippen LogP) is 2.85. The molecule has 0 atom stereocenters. The molecular weight excluding hydrogens is 270 g/mol. The van der Waals surface area contributed by atoms with Gasteiger partial charge in [-0.1, -0.05) is 6.07 Å². The average Bonchev–Trinajstić information content (AvgIpc) is 2.49. The molecule has 1 heterocycles. The first-order valence-electron chi connectivity index (χ1n) is 7.39. The van der Waals surface area contributed by atoms with Crippen LogP contribution in [-0.2, 0) is 19.1 Å². The average molecular weight is 293 g/mol. The van der Waals surface area contributed by atoms with E-state index in [0.717, 1.165) is 5.69 Å². The van der Waals surface area contributed by atoms with Crippen molar-refractivity contribution in [1.82, 2.24) is 4.98 Å². The Hall–Kier alpha value is -1.91. The van der Waals surface area contributed by atoms with Gasteiger partial charge < -0.3 is 9.47 Å². The Bertz CT molecular complexity index is 411. The van der Waals surface area contributed by atoms with E-state index < -0.39 is 0 Å². The molecule has 1 rings (SSSR count). The van der Waals surface area contributed by atoms with E-state index in [1.165, 1.54) is 0 Å². The lowest BCUT2D eigenvalue weighted by Gasteiger charge is -2.15. The van der Waals surface area contributed by atoms with Crippen molar-refractivity contribution in [2.45, 2.75) is 45.4 Å². The van der Waals surface area contributed by atoms with Crippen LogP contribution in [0, 0.1) is 0 Å². The number of ether oxygens (including phenoxy) is 2. The van der Waals surface area contributed by atoms with Crippen LogP contribution in [0.15, 0.2) is 24.4 Å². The molecular formula is C16H23NO4. The molecule has 0 spiro atoms. The monoisotopic (exact) mass is 293 g/mol. The second kappa shape index (κ2) is 9.91. The maximum Gasteiger partial charge on any atom is 0.305 e. The maximum atomic E-state index is 11.5. The van der Waals surface area contributed by atoms with Gasteiger partial charge >= 0.3 is 11.9 Å². The standard InChI is InChI=1S/C16H23NO4/c1-3-20-15(18)10-8-13(9-11-16(19)21-4-2)14-7-5-6-12-17-14/h5-7,12-13H,3-4,8-11H2,1-2H3. The number of hydrogen-bond acceptors (Lipinski definition) is 5. The minimum atomic E-state index is -0.213. The molecule has 5 nitrogen and oxygen atoms in total. The molecule has 0 fully saturated rings. The molecule has 21 heavy (non-hydrogen) atoms. The first-order chi connectivity index (χ1) is 10.2. The lowest BCUT2D eigenvalue weighted by molar-refractivity contribution is -0.143. The van der Waals surface area contributed by atoms with Crippen molar-refractivity contribution in [2.75, 3.05) is 13.2 Å². The number of nitrogens with zero attached hydrogens (tertiary/aromatic N) is 1. The zero-order valence-electron chi connectivity index (χ0n) is 12.7. The summed E-state index contributed by atoms with van der Waals surface area (Å²) in [6, 6.07) is 5.67. The summed E-state index contributed by atoms with van der Waals surface area (Å²) in [4.78, 5) is 27.3. The van der Waals surface area contributed by atoms with E-state index in [4.69, 9.17) is 9.47 Å². The van der Waals surface area contributed by atoms with Gasteiger partial charge in [0.1, 0.15) is 0 Å². The van der Waals surface area contributed by atoms with Crippen LogP contribution in [0.1, 0.15) is 51.1 Å². The number of aromatic nitrogens is 1. The van der Waals surface area contributed by atoms with Gasteiger partial charge in [0, 0.05) is 30.7 Å². The van der Waals surface area contributed by atoms with Gasteiger partial charge in [-0.3, -0.25) is 14.6 Å². The van der Waals surface area contributed by atoms with Gasteiger partial charge in [-0.2, -0.15) is 0 Å². The number of carbonyl (C=O) groups is 2. The smallest absolute Gasteiger partial charge is 0.305 e. The lowest BCUT2D eigenvalue weighted by Crippen LogP contribution is -2.11. The summed E-state index contributed by atoms with van der Waals surface area (Å²) in [5.41, 5.74) is 0.895. The molecule has 0 saturated carbocycles. The van der Waals surface area contributed by atoms with Crippen molar-refractivity contribution in [1.29, 1.82) is 0 Å². The first-order valence-corrected chi connectivity index (χ1v) is 7.39. The van der Waals surface area contributed by atoms with Crippen LogP contribution in [0.5, 0.6) is 0 Å². The lowest BCUT2D eigenvalue weighted by atomic mass is 9.93. The minimum Gasteiger partial charge on any atom is -0.466 e. The number of pyridine rings is 1. The second-order valence-corrected chi connectivity index (χ2v) is 4.64. The van der Waals surface area contributed by atoms with Crippen molar-refractivity contribution >= 4 is 11.9 Å². The Kier molecular flexibility index (Phi) is 8.09. The van der Waals surface area contributed by atoms with Gasteiger partial charge in [-0.15, -0.1) is 0 Å². The van der Waals surface area contributed by atoms with E-state index in [2.05, 4.69) is 4.98 Å². The fraction of sp³-hybridized carbons (Fsp3) is 0.562. The number of hydrogen-bond donors (Lipinski definition) is 0. The van der Waals surface area contributed by atoms with Crippen LogP contribution >= 0.6 is 0 Å². The summed E-state index contributed by atoms with van der Waals surface area (Å²) >= 11 is 0. The van der Waals surface area contributed by atoms with Crippen molar-refractivity contribution in [3.8, 4) is 0 Å². The normalized spacial score (nSPS) is 10.4. The van der Waals surface area contributed by atoms with Gasteiger partial charge in [0.2, 0.25) is 0 Å². The van der Waals surface area contributed by atoms with E-state index in [9.17, 15) is 9.59 Å². The third-order valence-corrected chi connectivity index (χ3v) is 3.11. The Morgan fingerprint density at radius 2 is 1.62 bits per heavy atom. The number of carbonyl (C=O) groups excluding carboxylic acids is 2. The van der Waals surface area contributed by atoms with Crippen molar-refractivity contribution in [3.05, 3.63) is 30.1 Å². The van der Waals surface area contributed by atoms with Crippen LogP contribution in [0.4, 0.5) is 0 Å². The molecule has 116 valence electrons. The molecule has 0 unspecified atom stereocenters. The summed E-state index contributed by atoms with van der Waals surface area (Å²) in [6.45, 7) is 4.34. The van der Waals surface area contributed by atoms with Crippen LogP contribution in [0.25, 0.3) is 0 Å². The third kappa shape index (κ3) is 6.88. The first kappa shape index (κ1) is 17.1. The Labute approximate surface area is 125 Å². The summed E-state index contributed by atoms with van der Waals surface area (Å²) in [7, 11) is 0. The minimum absolute atomic E-state index is 0.0556. The molecule has 0 aliphatic carbocycles. The second-order valence-electron chi connectivity index (χ2n) is 4.64. The zero-order valence-corrected chi connectivity index (χ0v) is 12.7. The molecule has 0 aromatic carbocycles. The SMILES string of the molecule is CCOC(=O)CCC(CCC(=O)OCC)c1ccccn1. The fourth-order valence-electron chi connectivity index (χ4n) is 2.11. The maximum absolute atomic E-state index is 11.5. The highest BCUT2D eigenvalue weighted by Gasteiger charge is 2.17. The van der Waals surface area contributed by atoms with Crippen LogP contribution < -0.4 is 0 Å². The molecule has 1 aromatic heterocycles. The van der Waals surface area contributed by atoms with E-state index in [0.29, 0.717) is 38.9 Å². The molecule has 0 N–H and O–H groups in total. The fourth-order valence-corrected chi connectivity index (χ4v) is 2.11. The highest BCUT2D eigenvalue weighted by Crippen LogP contribution is 2.25. The Morgan fingerprint density at radius 3 is 2.05 bits per heavy atom. The summed E-state index contributed by atoms with van der Waals surface area (Å²) < 4.78 is 9.88. The Morgan fingerprint density at radius 1 is 1.05 bits per heavy atom. The van der Waals surface area contributed by atoms with E-state index in [-0.39, 0.29) is 17.9 Å². The van der Waals surface area contributed by atoms with E-state index in [1.807, 2.05) is 18.2 Å². The Balaban J connectivity index is 2.58. The van der Waals surface area contributed by atoms with E-state index >= 15 is 0 Å². The van der Waals surface area contributed by atoms with Gasteiger partial charge in [0.25, 0.3) is 0 Å². The molecule has 0 aliphatic heterocycles. The van der Waals surface area contributed by atoms with Crippen LogP contribution in [0.3, 0.4) is 0 Å². The number of rotatable bonds is 9. The quantitative estimate of drug-likeness (QED) is 0.655. The third-order valence-electron chi connectivity index (χ3n) is 3.11.